The maximum atomic E-state index is 11.4. The highest BCUT2D eigenvalue weighted by atomic mass is 16.2. The molecule has 0 unspecified atom stereocenters. The first-order valence-electron chi connectivity index (χ1n) is 4.83. The molecule has 0 aromatic heterocycles. The molecule has 1 N–H and O–H groups in total. The number of benzene rings is 1. The number of ketones is 1. The lowest BCUT2D eigenvalue weighted by molar-refractivity contribution is -0.124. The largest absolute Gasteiger partial charge is 0.325 e. The molecule has 0 fully saturated rings. The van der Waals surface area contributed by atoms with E-state index >= 15 is 0 Å². The van der Waals surface area contributed by atoms with Gasteiger partial charge in [-0.25, -0.2) is 0 Å². The number of anilines is 1. The summed E-state index contributed by atoms with van der Waals surface area (Å²) in [5.41, 5.74) is 1.91. The highest BCUT2D eigenvalue weighted by molar-refractivity contribution is 6.03. The second-order valence-corrected chi connectivity index (χ2v) is 3.57. The maximum absolute atomic E-state index is 11.4. The Kier molecular flexibility index (Phi) is 3.78. The Morgan fingerprint density at radius 1 is 1.44 bits per heavy atom. The minimum absolute atomic E-state index is 0.143. The fourth-order valence-electron chi connectivity index (χ4n) is 1.25. The number of hydrogen-bond acceptors (Lipinski definition) is 3. The molecule has 4 heteroatoms. The molecule has 0 aliphatic carbocycles. The van der Waals surface area contributed by atoms with E-state index in [1.165, 1.54) is 6.92 Å². The number of nitriles is 1. The Balaban J connectivity index is 2.84. The number of carbonyl (C=O) groups excluding carboxylic acids is 2. The van der Waals surface area contributed by atoms with E-state index in [1.807, 2.05) is 13.0 Å². The van der Waals surface area contributed by atoms with Gasteiger partial charge in [0.15, 0.2) is 0 Å². The average molecular weight is 216 g/mol. The van der Waals surface area contributed by atoms with Crippen molar-refractivity contribution in [1.82, 2.24) is 0 Å². The van der Waals surface area contributed by atoms with Crippen LogP contribution in [0.4, 0.5) is 5.69 Å². The van der Waals surface area contributed by atoms with Crippen LogP contribution >= 0.6 is 0 Å². The van der Waals surface area contributed by atoms with Crippen LogP contribution < -0.4 is 5.32 Å². The fraction of sp³-hybridized carbons (Fsp3) is 0.250. The highest BCUT2D eigenvalue weighted by Crippen LogP contribution is 2.16. The van der Waals surface area contributed by atoms with Crippen LogP contribution in [0.25, 0.3) is 0 Å². The lowest BCUT2D eigenvalue weighted by atomic mass is 10.1. The van der Waals surface area contributed by atoms with Crippen molar-refractivity contribution < 1.29 is 9.59 Å². The van der Waals surface area contributed by atoms with Gasteiger partial charge in [0.1, 0.15) is 5.78 Å². The molecule has 1 amide bonds. The molecule has 0 saturated heterocycles. The van der Waals surface area contributed by atoms with Crippen molar-refractivity contribution >= 4 is 17.4 Å². The summed E-state index contributed by atoms with van der Waals surface area (Å²) in [4.78, 5) is 22.1. The third-order valence-electron chi connectivity index (χ3n) is 2.05. The van der Waals surface area contributed by atoms with Crippen molar-refractivity contribution in [3.05, 3.63) is 29.3 Å². The molecule has 1 aromatic carbocycles. The first-order valence-corrected chi connectivity index (χ1v) is 4.83. The molecule has 0 aliphatic rings. The Hall–Kier alpha value is -2.15. The minimum atomic E-state index is -0.356. The van der Waals surface area contributed by atoms with Crippen LogP contribution in [0.1, 0.15) is 24.5 Å². The van der Waals surface area contributed by atoms with E-state index < -0.39 is 0 Å². The Morgan fingerprint density at radius 2 is 2.12 bits per heavy atom. The Bertz CT molecular complexity index is 472. The highest BCUT2D eigenvalue weighted by Gasteiger charge is 2.07. The molecule has 1 rings (SSSR count). The number of Topliss-reactive ketones (excluding diaryl/α,β-unsaturated/α-hetero) is 1. The van der Waals surface area contributed by atoms with E-state index in [4.69, 9.17) is 5.26 Å². The van der Waals surface area contributed by atoms with Gasteiger partial charge < -0.3 is 5.32 Å². The van der Waals surface area contributed by atoms with Gasteiger partial charge in [-0.2, -0.15) is 5.26 Å². The summed E-state index contributed by atoms with van der Waals surface area (Å²) in [5.74, 6) is -0.544. The van der Waals surface area contributed by atoms with Crippen molar-refractivity contribution in [2.45, 2.75) is 20.3 Å². The smallest absolute Gasteiger partial charge is 0.231 e. The number of amides is 1. The summed E-state index contributed by atoms with van der Waals surface area (Å²) in [7, 11) is 0. The van der Waals surface area contributed by atoms with Gasteiger partial charge in [0, 0.05) is 5.69 Å². The van der Waals surface area contributed by atoms with Crippen molar-refractivity contribution in [3.8, 4) is 6.07 Å². The standard InChI is InChI=1S/C12H12N2O2/c1-8-3-4-10(7-13)6-11(8)14-12(16)5-9(2)15/h3-4,6H,5H2,1-2H3,(H,14,16). The zero-order valence-electron chi connectivity index (χ0n) is 9.20. The van der Waals surface area contributed by atoms with Crippen LogP contribution in [0, 0.1) is 18.3 Å². The monoisotopic (exact) mass is 216 g/mol. The van der Waals surface area contributed by atoms with E-state index in [2.05, 4.69) is 5.32 Å². The molecule has 16 heavy (non-hydrogen) atoms. The van der Waals surface area contributed by atoms with Gasteiger partial charge >= 0.3 is 0 Å². The van der Waals surface area contributed by atoms with Crippen molar-refractivity contribution in [2.24, 2.45) is 0 Å². The lowest BCUT2D eigenvalue weighted by Crippen LogP contribution is -2.15. The first-order chi connectivity index (χ1) is 7.52. The number of nitrogens with one attached hydrogen (secondary N) is 1. The zero-order valence-corrected chi connectivity index (χ0v) is 9.20. The van der Waals surface area contributed by atoms with Gasteiger partial charge in [0.25, 0.3) is 0 Å². The van der Waals surface area contributed by atoms with Gasteiger partial charge in [-0.3, -0.25) is 9.59 Å². The van der Waals surface area contributed by atoms with Crippen LogP contribution in [-0.2, 0) is 9.59 Å². The predicted octanol–water partition coefficient (Wildman–Crippen LogP) is 1.78. The zero-order chi connectivity index (χ0) is 12.1. The molecular weight excluding hydrogens is 204 g/mol. The quantitative estimate of drug-likeness (QED) is 0.783. The van der Waals surface area contributed by atoms with Gasteiger partial charge in [-0.15, -0.1) is 0 Å². The van der Waals surface area contributed by atoms with Gasteiger partial charge in [-0.05, 0) is 31.5 Å². The molecule has 0 saturated carbocycles. The summed E-state index contributed by atoms with van der Waals surface area (Å²) >= 11 is 0. The molecule has 1 aromatic rings. The maximum Gasteiger partial charge on any atom is 0.231 e. The van der Waals surface area contributed by atoms with Gasteiger partial charge in [0.05, 0.1) is 18.1 Å². The number of aryl methyl sites for hydroxylation is 1. The molecule has 0 radical (unpaired) electrons. The number of rotatable bonds is 3. The van der Waals surface area contributed by atoms with E-state index in [0.717, 1.165) is 5.56 Å². The molecule has 4 nitrogen and oxygen atoms in total. The molecule has 0 aliphatic heterocycles. The molecule has 0 heterocycles. The Labute approximate surface area is 93.9 Å². The number of nitrogens with zero attached hydrogens (tertiary/aromatic N) is 1. The third-order valence-corrected chi connectivity index (χ3v) is 2.05. The summed E-state index contributed by atoms with van der Waals surface area (Å²) in [6.07, 6.45) is -0.143. The van der Waals surface area contributed by atoms with Gasteiger partial charge in [-0.1, -0.05) is 6.07 Å². The minimum Gasteiger partial charge on any atom is -0.325 e. The summed E-state index contributed by atoms with van der Waals surface area (Å²) in [6, 6.07) is 7.01. The van der Waals surface area contributed by atoms with Gasteiger partial charge in [0.2, 0.25) is 5.91 Å². The summed E-state index contributed by atoms with van der Waals surface area (Å²) in [6.45, 7) is 3.18. The molecular formula is C12H12N2O2. The van der Waals surface area contributed by atoms with E-state index in [-0.39, 0.29) is 18.1 Å². The van der Waals surface area contributed by atoms with Crippen molar-refractivity contribution in [3.63, 3.8) is 0 Å². The van der Waals surface area contributed by atoms with E-state index in [0.29, 0.717) is 11.3 Å². The second-order valence-electron chi connectivity index (χ2n) is 3.57. The fourth-order valence-corrected chi connectivity index (χ4v) is 1.25. The molecule has 0 atom stereocenters. The van der Waals surface area contributed by atoms with Crippen LogP contribution in [0.3, 0.4) is 0 Å². The number of carbonyl (C=O) groups is 2. The van der Waals surface area contributed by atoms with E-state index in [9.17, 15) is 9.59 Å². The summed E-state index contributed by atoms with van der Waals surface area (Å²) < 4.78 is 0. The normalized spacial score (nSPS) is 9.31. The molecule has 0 spiro atoms. The molecule has 0 bridgehead atoms. The number of hydrogen-bond donors (Lipinski definition) is 1. The second kappa shape index (κ2) is 5.08. The van der Waals surface area contributed by atoms with Crippen LogP contribution in [0.2, 0.25) is 0 Å². The predicted molar refractivity (Wildman–Crippen MR) is 59.8 cm³/mol. The lowest BCUT2D eigenvalue weighted by Gasteiger charge is -2.07. The Morgan fingerprint density at radius 3 is 2.69 bits per heavy atom. The SMILES string of the molecule is CC(=O)CC(=O)Nc1cc(C#N)ccc1C. The topological polar surface area (TPSA) is 70.0 Å². The third kappa shape index (κ3) is 3.21. The molecule has 82 valence electrons. The van der Waals surface area contributed by atoms with Crippen molar-refractivity contribution in [2.75, 3.05) is 5.32 Å². The van der Waals surface area contributed by atoms with Crippen LogP contribution in [-0.4, -0.2) is 11.7 Å². The van der Waals surface area contributed by atoms with Crippen LogP contribution in [0.5, 0.6) is 0 Å². The van der Waals surface area contributed by atoms with Crippen molar-refractivity contribution in [1.29, 1.82) is 5.26 Å². The summed E-state index contributed by atoms with van der Waals surface area (Å²) in [5, 5.41) is 11.3. The first kappa shape index (κ1) is 11.9. The average Bonchev–Trinajstić information content (AvgIpc) is 2.20. The van der Waals surface area contributed by atoms with Crippen LogP contribution in [0.15, 0.2) is 18.2 Å². The van der Waals surface area contributed by atoms with E-state index in [1.54, 1.807) is 18.2 Å².